The molecule has 0 saturated heterocycles. The smallest absolute Gasteiger partial charge is 0.193 e. The number of carbonyl (C=O) groups excluding carboxylic acids is 1. The number of nitrogens with zero attached hydrogens (tertiary/aromatic N) is 1. The van der Waals surface area contributed by atoms with E-state index in [0.717, 1.165) is 66.2 Å². The topological polar surface area (TPSA) is 38.8 Å². The number of allylic oxidation sites excluding steroid dienone is 2. The summed E-state index contributed by atoms with van der Waals surface area (Å²) < 4.78 is 11.2. The molecular weight excluding hydrogens is 422 g/mol. The molecule has 4 nitrogen and oxygen atoms in total. The summed E-state index contributed by atoms with van der Waals surface area (Å²) in [5.74, 6) is 1.65. The highest BCUT2D eigenvalue weighted by Crippen LogP contribution is 2.39. The number of ether oxygens (including phenoxy) is 2. The summed E-state index contributed by atoms with van der Waals surface area (Å²) in [5.41, 5.74) is 5.88. The van der Waals surface area contributed by atoms with Crippen molar-refractivity contribution < 1.29 is 14.3 Å². The zero-order valence-electron chi connectivity index (χ0n) is 20.3. The van der Waals surface area contributed by atoms with E-state index in [-0.39, 0.29) is 5.78 Å². The summed E-state index contributed by atoms with van der Waals surface area (Å²) in [6.07, 6.45) is 1.75. The lowest BCUT2D eigenvalue weighted by molar-refractivity contribution is 0.105. The molecule has 0 saturated carbocycles. The van der Waals surface area contributed by atoms with E-state index in [4.69, 9.17) is 9.47 Å². The van der Waals surface area contributed by atoms with Crippen molar-refractivity contribution in [3.05, 3.63) is 95.1 Å². The Kier molecular flexibility index (Phi) is 7.81. The molecule has 1 aliphatic carbocycles. The van der Waals surface area contributed by atoms with Gasteiger partial charge in [-0.25, -0.2) is 0 Å². The van der Waals surface area contributed by atoms with Crippen LogP contribution < -0.4 is 9.47 Å². The van der Waals surface area contributed by atoms with Crippen molar-refractivity contribution in [2.45, 2.75) is 26.7 Å². The van der Waals surface area contributed by atoms with Gasteiger partial charge in [0.1, 0.15) is 18.1 Å². The average Bonchev–Trinajstić information content (AvgIpc) is 2.90. The highest BCUT2D eigenvalue weighted by atomic mass is 16.5. The van der Waals surface area contributed by atoms with E-state index in [0.29, 0.717) is 12.2 Å². The van der Waals surface area contributed by atoms with Crippen LogP contribution in [-0.4, -0.2) is 44.0 Å². The van der Waals surface area contributed by atoms with E-state index in [1.54, 1.807) is 7.11 Å². The van der Waals surface area contributed by atoms with Gasteiger partial charge < -0.3 is 14.4 Å². The zero-order valence-corrected chi connectivity index (χ0v) is 20.3. The van der Waals surface area contributed by atoms with E-state index in [2.05, 4.69) is 30.9 Å². The van der Waals surface area contributed by atoms with Gasteiger partial charge in [-0.2, -0.15) is 0 Å². The largest absolute Gasteiger partial charge is 0.497 e. The summed E-state index contributed by atoms with van der Waals surface area (Å²) >= 11 is 0. The van der Waals surface area contributed by atoms with Crippen molar-refractivity contribution in [1.82, 2.24) is 4.90 Å². The summed E-state index contributed by atoms with van der Waals surface area (Å²) in [7, 11) is 1.66. The number of fused-ring (bicyclic) bond motifs is 1. The molecule has 0 atom stereocenters. The molecule has 4 heteroatoms. The van der Waals surface area contributed by atoms with Crippen LogP contribution in [0.15, 0.2) is 72.8 Å². The molecule has 0 N–H and O–H groups in total. The van der Waals surface area contributed by atoms with Crippen LogP contribution in [0.4, 0.5) is 0 Å². The standard InChI is InChI=1S/C30H33NO3/c1-4-31(5-2)20-21-34-26-17-12-24(13-18-26)30(32)29-27-9-7-6-8-22(27)14-19-28(29)23-10-15-25(33-3)16-11-23/h6-13,15-18H,4-5,14,19-21H2,1-3H3. The van der Waals surface area contributed by atoms with E-state index < -0.39 is 0 Å². The van der Waals surface area contributed by atoms with Crippen LogP contribution in [0.25, 0.3) is 11.1 Å². The molecule has 3 aromatic rings. The predicted octanol–water partition coefficient (Wildman–Crippen LogP) is 6.16. The molecule has 0 heterocycles. The third-order valence-electron chi connectivity index (χ3n) is 6.59. The number of likely N-dealkylation sites (N-methyl/N-ethyl adjacent to an activating group) is 1. The minimum atomic E-state index is 0.0488. The molecule has 0 aliphatic heterocycles. The van der Waals surface area contributed by atoms with Crippen molar-refractivity contribution >= 4 is 16.9 Å². The summed E-state index contributed by atoms with van der Waals surface area (Å²) in [4.78, 5) is 16.2. The number of benzene rings is 3. The molecule has 0 spiro atoms. The van der Waals surface area contributed by atoms with Gasteiger partial charge in [-0.3, -0.25) is 4.79 Å². The van der Waals surface area contributed by atoms with Crippen molar-refractivity contribution in [2.75, 3.05) is 33.4 Å². The van der Waals surface area contributed by atoms with Crippen molar-refractivity contribution in [2.24, 2.45) is 0 Å². The first kappa shape index (κ1) is 23.8. The zero-order chi connectivity index (χ0) is 23.9. The third kappa shape index (κ3) is 5.23. The fraction of sp³-hybridized carbons (Fsp3) is 0.300. The van der Waals surface area contributed by atoms with Crippen LogP contribution in [0.2, 0.25) is 0 Å². The van der Waals surface area contributed by atoms with Gasteiger partial charge in [-0.1, -0.05) is 50.2 Å². The second-order valence-corrected chi connectivity index (χ2v) is 8.47. The molecule has 176 valence electrons. The Balaban J connectivity index is 1.62. The van der Waals surface area contributed by atoms with Crippen molar-refractivity contribution in [1.29, 1.82) is 0 Å². The van der Waals surface area contributed by atoms with Crippen molar-refractivity contribution in [3.8, 4) is 11.5 Å². The number of hydrogen-bond acceptors (Lipinski definition) is 4. The first-order valence-corrected chi connectivity index (χ1v) is 12.1. The Labute approximate surface area is 202 Å². The van der Waals surface area contributed by atoms with Gasteiger partial charge in [0.25, 0.3) is 0 Å². The normalized spacial score (nSPS) is 13.1. The first-order chi connectivity index (χ1) is 16.6. The quantitative estimate of drug-likeness (QED) is 0.344. The molecule has 0 radical (unpaired) electrons. The second-order valence-electron chi connectivity index (χ2n) is 8.47. The van der Waals surface area contributed by atoms with Gasteiger partial charge >= 0.3 is 0 Å². The maximum Gasteiger partial charge on any atom is 0.193 e. The fourth-order valence-electron chi connectivity index (χ4n) is 4.55. The maximum absolute atomic E-state index is 13.8. The number of hydrogen-bond donors (Lipinski definition) is 0. The van der Waals surface area contributed by atoms with Gasteiger partial charge in [0.2, 0.25) is 0 Å². The number of aryl methyl sites for hydroxylation is 1. The number of carbonyl (C=O) groups is 1. The molecular formula is C30H33NO3. The van der Waals surface area contributed by atoms with Crippen LogP contribution in [-0.2, 0) is 6.42 Å². The fourth-order valence-corrected chi connectivity index (χ4v) is 4.55. The highest BCUT2D eigenvalue weighted by molar-refractivity contribution is 6.35. The Morgan fingerprint density at radius 3 is 2.21 bits per heavy atom. The number of rotatable bonds is 10. The minimum Gasteiger partial charge on any atom is -0.497 e. The van der Waals surface area contributed by atoms with Gasteiger partial charge in [0, 0.05) is 17.7 Å². The van der Waals surface area contributed by atoms with Gasteiger partial charge in [0.05, 0.1) is 7.11 Å². The molecule has 0 unspecified atom stereocenters. The van der Waals surface area contributed by atoms with Crippen LogP contribution >= 0.6 is 0 Å². The molecule has 0 fully saturated rings. The van der Waals surface area contributed by atoms with E-state index >= 15 is 0 Å². The Morgan fingerprint density at radius 2 is 1.53 bits per heavy atom. The van der Waals surface area contributed by atoms with Crippen LogP contribution in [0.1, 0.15) is 47.3 Å². The van der Waals surface area contributed by atoms with Gasteiger partial charge in [-0.05, 0) is 84.6 Å². The van der Waals surface area contributed by atoms with Crippen molar-refractivity contribution in [3.63, 3.8) is 0 Å². The monoisotopic (exact) mass is 455 g/mol. The lowest BCUT2D eigenvalue weighted by Gasteiger charge is -2.23. The second kappa shape index (κ2) is 11.2. The number of methoxy groups -OCH3 is 1. The lowest BCUT2D eigenvalue weighted by Crippen LogP contribution is -2.27. The Hall–Kier alpha value is -3.37. The Bertz CT molecular complexity index is 1140. The summed E-state index contributed by atoms with van der Waals surface area (Å²) in [5, 5.41) is 0. The molecule has 0 amide bonds. The number of ketones is 1. The maximum atomic E-state index is 13.8. The van der Waals surface area contributed by atoms with E-state index in [1.165, 1.54) is 5.56 Å². The first-order valence-electron chi connectivity index (χ1n) is 12.1. The molecule has 4 rings (SSSR count). The SMILES string of the molecule is CCN(CC)CCOc1ccc(C(=O)C2=C(c3ccc(OC)cc3)CCc3ccccc32)cc1. The molecule has 34 heavy (non-hydrogen) atoms. The molecule has 3 aromatic carbocycles. The Morgan fingerprint density at radius 1 is 0.853 bits per heavy atom. The van der Waals surface area contributed by atoms with Crippen LogP contribution in [0.5, 0.6) is 11.5 Å². The average molecular weight is 456 g/mol. The molecule has 0 aromatic heterocycles. The van der Waals surface area contributed by atoms with Crippen LogP contribution in [0.3, 0.4) is 0 Å². The number of Topliss-reactive ketones (excluding diaryl/α,β-unsaturated/α-hetero) is 1. The van der Waals surface area contributed by atoms with Gasteiger partial charge in [-0.15, -0.1) is 0 Å². The predicted molar refractivity (Wildman–Crippen MR) is 139 cm³/mol. The van der Waals surface area contributed by atoms with Gasteiger partial charge in [0.15, 0.2) is 5.78 Å². The molecule has 1 aliphatic rings. The third-order valence-corrected chi connectivity index (χ3v) is 6.59. The lowest BCUT2D eigenvalue weighted by atomic mass is 9.79. The minimum absolute atomic E-state index is 0.0488. The summed E-state index contributed by atoms with van der Waals surface area (Å²) in [6, 6.07) is 23.8. The molecule has 0 bridgehead atoms. The van der Waals surface area contributed by atoms with Crippen LogP contribution in [0, 0.1) is 0 Å². The summed E-state index contributed by atoms with van der Waals surface area (Å²) in [6.45, 7) is 7.86. The van der Waals surface area contributed by atoms with E-state index in [9.17, 15) is 4.79 Å². The highest BCUT2D eigenvalue weighted by Gasteiger charge is 2.26. The van der Waals surface area contributed by atoms with E-state index in [1.807, 2.05) is 60.7 Å².